The van der Waals surface area contributed by atoms with E-state index >= 15 is 0 Å². The van der Waals surface area contributed by atoms with Crippen LogP contribution in [0.4, 0.5) is 5.13 Å². The van der Waals surface area contributed by atoms with Crippen molar-refractivity contribution in [3.05, 3.63) is 11.2 Å². The highest BCUT2D eigenvalue weighted by Crippen LogP contribution is 2.19. The van der Waals surface area contributed by atoms with E-state index in [1.165, 1.54) is 11.3 Å². The van der Waals surface area contributed by atoms with Gasteiger partial charge in [0, 0.05) is 5.38 Å². The van der Waals surface area contributed by atoms with Crippen LogP contribution in [0.3, 0.4) is 0 Å². The van der Waals surface area contributed by atoms with Crippen LogP contribution in [0.5, 0.6) is 0 Å². The summed E-state index contributed by atoms with van der Waals surface area (Å²) in [5.74, 6) is 1.37. The van der Waals surface area contributed by atoms with E-state index < -0.39 is 0 Å². The number of hydrogen-bond acceptors (Lipinski definition) is 5. The number of aromatic amines is 1. The second-order valence-corrected chi connectivity index (χ2v) is 3.21. The Labute approximate surface area is 72.7 Å². The van der Waals surface area contributed by atoms with E-state index in [2.05, 4.69) is 20.2 Å². The fraction of sp³-hybridized carbons (Fsp3) is 0.167. The maximum atomic E-state index is 5.46. The number of nitrogens with one attached hydrogen (secondary N) is 1. The SMILES string of the molecule is Cc1nc(-c2csc(N)n2)n[nH]1. The van der Waals surface area contributed by atoms with Crippen LogP contribution in [-0.4, -0.2) is 20.2 Å². The summed E-state index contributed by atoms with van der Waals surface area (Å²) in [6, 6.07) is 0. The molecule has 0 fully saturated rings. The monoisotopic (exact) mass is 181 g/mol. The van der Waals surface area contributed by atoms with Gasteiger partial charge in [0.1, 0.15) is 11.5 Å². The molecule has 12 heavy (non-hydrogen) atoms. The number of aromatic nitrogens is 4. The molecule has 2 aromatic heterocycles. The molecule has 0 saturated carbocycles. The average Bonchev–Trinajstić information content (AvgIpc) is 2.58. The lowest BCUT2D eigenvalue weighted by Crippen LogP contribution is -1.84. The Balaban J connectivity index is 2.43. The van der Waals surface area contributed by atoms with Gasteiger partial charge in [-0.05, 0) is 6.92 Å². The van der Waals surface area contributed by atoms with Crippen molar-refractivity contribution >= 4 is 16.5 Å². The lowest BCUT2D eigenvalue weighted by molar-refractivity contribution is 1.04. The minimum atomic E-state index is 0.535. The fourth-order valence-corrected chi connectivity index (χ4v) is 1.39. The van der Waals surface area contributed by atoms with Crippen molar-refractivity contribution in [3.8, 4) is 11.5 Å². The summed E-state index contributed by atoms with van der Waals surface area (Å²) in [5.41, 5.74) is 6.19. The molecule has 6 heteroatoms. The second-order valence-electron chi connectivity index (χ2n) is 2.32. The number of nitrogens with zero attached hydrogens (tertiary/aromatic N) is 3. The zero-order valence-electron chi connectivity index (χ0n) is 6.40. The van der Waals surface area contributed by atoms with Crippen molar-refractivity contribution in [2.75, 3.05) is 5.73 Å². The smallest absolute Gasteiger partial charge is 0.200 e. The number of thiazole rings is 1. The number of H-pyrrole nitrogens is 1. The van der Waals surface area contributed by atoms with Crippen LogP contribution in [0.2, 0.25) is 0 Å². The van der Waals surface area contributed by atoms with Gasteiger partial charge in [0.25, 0.3) is 0 Å². The molecule has 0 aliphatic rings. The average molecular weight is 181 g/mol. The number of nitrogen functional groups attached to an aromatic ring is 1. The molecule has 2 heterocycles. The van der Waals surface area contributed by atoms with Crippen LogP contribution in [0, 0.1) is 6.92 Å². The highest BCUT2D eigenvalue weighted by Gasteiger charge is 2.06. The minimum Gasteiger partial charge on any atom is -0.375 e. The normalized spacial score (nSPS) is 10.4. The molecule has 2 aromatic rings. The first-order chi connectivity index (χ1) is 5.75. The third-order valence-electron chi connectivity index (χ3n) is 1.35. The van der Waals surface area contributed by atoms with Crippen LogP contribution in [0.15, 0.2) is 5.38 Å². The van der Waals surface area contributed by atoms with Crippen molar-refractivity contribution in [2.24, 2.45) is 0 Å². The van der Waals surface area contributed by atoms with E-state index in [9.17, 15) is 0 Å². The summed E-state index contributed by atoms with van der Waals surface area (Å²) in [7, 11) is 0. The Hall–Kier alpha value is -1.43. The Kier molecular flexibility index (Phi) is 1.54. The number of hydrogen-bond donors (Lipinski definition) is 2. The topological polar surface area (TPSA) is 80.5 Å². The van der Waals surface area contributed by atoms with Gasteiger partial charge in [0.05, 0.1) is 0 Å². The van der Waals surface area contributed by atoms with E-state index in [0.29, 0.717) is 11.0 Å². The number of anilines is 1. The largest absolute Gasteiger partial charge is 0.375 e. The highest BCUT2D eigenvalue weighted by atomic mass is 32.1. The standard InChI is InChI=1S/C6H7N5S/c1-3-8-5(11-10-3)4-2-12-6(7)9-4/h2H,1H3,(H2,7,9)(H,8,10,11). The summed E-state index contributed by atoms with van der Waals surface area (Å²) in [6.07, 6.45) is 0. The molecule has 0 aliphatic heterocycles. The van der Waals surface area contributed by atoms with Gasteiger partial charge in [-0.2, -0.15) is 5.10 Å². The molecule has 0 bridgehead atoms. The zero-order chi connectivity index (χ0) is 8.55. The Morgan fingerprint density at radius 3 is 2.83 bits per heavy atom. The second kappa shape index (κ2) is 2.56. The third-order valence-corrected chi connectivity index (χ3v) is 2.02. The van der Waals surface area contributed by atoms with E-state index in [1.54, 1.807) is 0 Å². The lowest BCUT2D eigenvalue weighted by atomic mass is 10.5. The number of nitrogens with two attached hydrogens (primary N) is 1. The van der Waals surface area contributed by atoms with Gasteiger partial charge in [0.2, 0.25) is 5.82 Å². The van der Waals surface area contributed by atoms with Gasteiger partial charge in [-0.25, -0.2) is 9.97 Å². The number of rotatable bonds is 1. The maximum Gasteiger partial charge on any atom is 0.200 e. The molecular formula is C6H7N5S. The summed E-state index contributed by atoms with van der Waals surface area (Å²) in [6.45, 7) is 1.84. The molecule has 0 amide bonds. The van der Waals surface area contributed by atoms with Crippen LogP contribution in [-0.2, 0) is 0 Å². The first kappa shape index (κ1) is 7.23. The molecule has 0 atom stereocenters. The predicted octanol–water partition coefficient (Wildman–Crippen LogP) is 0.819. The quantitative estimate of drug-likeness (QED) is 0.682. The molecule has 62 valence electrons. The maximum absolute atomic E-state index is 5.46. The van der Waals surface area contributed by atoms with Crippen molar-refractivity contribution in [2.45, 2.75) is 6.92 Å². The summed E-state index contributed by atoms with van der Waals surface area (Å²) in [4.78, 5) is 8.16. The molecule has 2 rings (SSSR count). The molecule has 0 aromatic carbocycles. The predicted molar refractivity (Wildman–Crippen MR) is 46.6 cm³/mol. The summed E-state index contributed by atoms with van der Waals surface area (Å²) in [5, 5.41) is 9.06. The number of aryl methyl sites for hydroxylation is 1. The van der Waals surface area contributed by atoms with Crippen molar-refractivity contribution < 1.29 is 0 Å². The molecule has 0 radical (unpaired) electrons. The van der Waals surface area contributed by atoms with Gasteiger partial charge in [-0.3, -0.25) is 5.10 Å². The third kappa shape index (κ3) is 1.16. The molecule has 0 spiro atoms. The zero-order valence-corrected chi connectivity index (χ0v) is 7.22. The molecule has 0 unspecified atom stereocenters. The highest BCUT2D eigenvalue weighted by molar-refractivity contribution is 7.13. The molecule has 3 N–H and O–H groups in total. The van der Waals surface area contributed by atoms with Crippen LogP contribution >= 0.6 is 11.3 Å². The molecular weight excluding hydrogens is 174 g/mol. The van der Waals surface area contributed by atoms with E-state index in [4.69, 9.17) is 5.73 Å². The van der Waals surface area contributed by atoms with E-state index in [0.717, 1.165) is 11.5 Å². The fourth-order valence-electron chi connectivity index (χ4n) is 0.848. The van der Waals surface area contributed by atoms with E-state index in [-0.39, 0.29) is 0 Å². The van der Waals surface area contributed by atoms with Crippen LogP contribution in [0.1, 0.15) is 5.82 Å². The van der Waals surface area contributed by atoms with E-state index in [1.807, 2.05) is 12.3 Å². The first-order valence-corrected chi connectivity index (χ1v) is 4.24. The molecule has 5 nitrogen and oxygen atoms in total. The van der Waals surface area contributed by atoms with Gasteiger partial charge >= 0.3 is 0 Å². The Morgan fingerprint density at radius 2 is 2.33 bits per heavy atom. The lowest BCUT2D eigenvalue weighted by Gasteiger charge is -1.82. The molecule has 0 saturated heterocycles. The molecule has 0 aliphatic carbocycles. The van der Waals surface area contributed by atoms with Crippen molar-refractivity contribution in [1.29, 1.82) is 0 Å². The van der Waals surface area contributed by atoms with Gasteiger partial charge in [-0.15, -0.1) is 11.3 Å². The Morgan fingerprint density at radius 1 is 1.50 bits per heavy atom. The van der Waals surface area contributed by atoms with Crippen LogP contribution in [0.25, 0.3) is 11.5 Å². The van der Waals surface area contributed by atoms with Gasteiger partial charge in [-0.1, -0.05) is 0 Å². The van der Waals surface area contributed by atoms with Crippen LogP contribution < -0.4 is 5.73 Å². The first-order valence-electron chi connectivity index (χ1n) is 3.36. The summed E-state index contributed by atoms with van der Waals surface area (Å²) < 4.78 is 0. The van der Waals surface area contributed by atoms with Gasteiger partial charge < -0.3 is 5.73 Å². The van der Waals surface area contributed by atoms with Crippen molar-refractivity contribution in [3.63, 3.8) is 0 Å². The minimum absolute atomic E-state index is 0.535. The Bertz CT molecular complexity index is 352. The summed E-state index contributed by atoms with van der Waals surface area (Å²) >= 11 is 1.38. The van der Waals surface area contributed by atoms with Crippen molar-refractivity contribution in [1.82, 2.24) is 20.2 Å². The van der Waals surface area contributed by atoms with Gasteiger partial charge in [0.15, 0.2) is 5.13 Å².